The van der Waals surface area contributed by atoms with Gasteiger partial charge in [0.25, 0.3) is 0 Å². The van der Waals surface area contributed by atoms with E-state index in [9.17, 15) is 34.8 Å². The van der Waals surface area contributed by atoms with Crippen LogP contribution in [0.4, 0.5) is 0 Å². The molecule has 0 bridgehead atoms. The molecule has 1 saturated heterocycles. The fourth-order valence-corrected chi connectivity index (χ4v) is 6.44. The molecule has 1 heterocycles. The lowest BCUT2D eigenvalue weighted by Gasteiger charge is -2.43. The first-order valence-corrected chi connectivity index (χ1v) is 13.5. The van der Waals surface area contributed by atoms with Gasteiger partial charge < -0.3 is 30.9 Å². The van der Waals surface area contributed by atoms with E-state index in [4.69, 9.17) is 10.5 Å². The van der Waals surface area contributed by atoms with Crippen LogP contribution < -0.4 is 5.73 Å². The Morgan fingerprint density at radius 3 is 2.58 bits per heavy atom. The molecule has 2 fully saturated rings. The van der Waals surface area contributed by atoms with E-state index in [1.807, 2.05) is 18.2 Å². The molecule has 0 spiro atoms. The number of Topliss-reactive ketones (excluding diaryl/α,β-unsaturated/α-hetero) is 2. The van der Waals surface area contributed by atoms with Crippen LogP contribution in [0.25, 0.3) is 16.9 Å². The molecule has 5 rings (SSSR count). The molecule has 212 valence electrons. The number of hydrogen-bond acceptors (Lipinski definition) is 9. The third-order valence-electron chi connectivity index (χ3n) is 8.38. The van der Waals surface area contributed by atoms with Crippen molar-refractivity contribution in [3.63, 3.8) is 0 Å². The fourth-order valence-electron chi connectivity index (χ4n) is 6.44. The smallest absolute Gasteiger partial charge is 0.225 e. The average molecular weight is 551 g/mol. The quantitative estimate of drug-likeness (QED) is 0.305. The first kappa shape index (κ1) is 28.0. The third-order valence-corrected chi connectivity index (χ3v) is 8.38. The number of morpholine rings is 1. The predicted octanol–water partition coefficient (Wildman–Crippen LogP) is 1.48. The highest BCUT2D eigenvalue weighted by Crippen LogP contribution is 2.50. The number of aromatic hydroxyl groups is 1. The molecule has 0 unspecified atom stereocenters. The number of ketones is 2. The summed E-state index contributed by atoms with van der Waals surface area (Å²) in [6, 6.07) is 11.3. The van der Waals surface area contributed by atoms with Crippen molar-refractivity contribution in [1.82, 2.24) is 4.90 Å². The molecule has 3 atom stereocenters. The first-order chi connectivity index (χ1) is 19.1. The number of carbonyl (C=O) groups excluding carboxylic acids is 3. The molecule has 2 aliphatic carbocycles. The minimum Gasteiger partial charge on any atom is -0.507 e. The van der Waals surface area contributed by atoms with Gasteiger partial charge in [-0.1, -0.05) is 24.3 Å². The number of phenolic OH excluding ortho intramolecular Hbond substituents is 1. The topological polar surface area (TPSA) is 171 Å². The number of carbonyl (C=O) groups is 3. The molecule has 6 N–H and O–H groups in total. The number of benzene rings is 2. The zero-order valence-electron chi connectivity index (χ0n) is 22.1. The summed E-state index contributed by atoms with van der Waals surface area (Å²) in [4.78, 5) is 40.4. The average Bonchev–Trinajstić information content (AvgIpc) is 2.92. The summed E-state index contributed by atoms with van der Waals surface area (Å²) in [5.74, 6) is -5.36. The van der Waals surface area contributed by atoms with E-state index in [1.165, 1.54) is 6.07 Å². The van der Waals surface area contributed by atoms with Crippen LogP contribution in [-0.2, 0) is 32.1 Å². The summed E-state index contributed by atoms with van der Waals surface area (Å²) < 4.78 is 5.44. The number of aliphatic hydroxyl groups excluding tert-OH is 2. The van der Waals surface area contributed by atoms with Gasteiger partial charge in [0, 0.05) is 37.7 Å². The second-order valence-corrected chi connectivity index (χ2v) is 10.8. The molecule has 2 aromatic rings. The molecule has 1 aliphatic heterocycles. The molecular formula is C30H34N2O8. The van der Waals surface area contributed by atoms with Gasteiger partial charge >= 0.3 is 0 Å². The number of nitrogens with zero attached hydrogens (tertiary/aromatic N) is 1. The van der Waals surface area contributed by atoms with Crippen LogP contribution in [-0.4, -0.2) is 81.3 Å². The summed E-state index contributed by atoms with van der Waals surface area (Å²) in [5, 5.41) is 43.2. The molecule has 0 radical (unpaired) electrons. The maximum absolute atomic E-state index is 13.7. The molecule has 40 heavy (non-hydrogen) atoms. The normalized spacial score (nSPS) is 24.9. The summed E-state index contributed by atoms with van der Waals surface area (Å²) in [7, 11) is 0. The van der Waals surface area contributed by atoms with Crippen molar-refractivity contribution in [2.45, 2.75) is 37.8 Å². The van der Waals surface area contributed by atoms with E-state index < -0.39 is 47.1 Å². The van der Waals surface area contributed by atoms with Crippen molar-refractivity contribution < 1.29 is 39.5 Å². The van der Waals surface area contributed by atoms with Crippen LogP contribution in [0.1, 0.15) is 36.0 Å². The van der Waals surface area contributed by atoms with Gasteiger partial charge in [0.15, 0.2) is 11.4 Å². The van der Waals surface area contributed by atoms with Gasteiger partial charge in [0.2, 0.25) is 11.7 Å². The zero-order valence-corrected chi connectivity index (χ0v) is 22.1. The Labute approximate surface area is 231 Å². The number of aliphatic hydroxyl groups is 3. The summed E-state index contributed by atoms with van der Waals surface area (Å²) in [5.41, 5.74) is 5.91. The van der Waals surface area contributed by atoms with Crippen LogP contribution in [0.5, 0.6) is 5.75 Å². The van der Waals surface area contributed by atoms with E-state index in [0.717, 1.165) is 36.3 Å². The van der Waals surface area contributed by atoms with Gasteiger partial charge in [-0.2, -0.15) is 0 Å². The number of rotatable bonds is 8. The van der Waals surface area contributed by atoms with Gasteiger partial charge in [0.1, 0.15) is 11.5 Å². The van der Waals surface area contributed by atoms with E-state index in [0.29, 0.717) is 18.8 Å². The molecule has 1 saturated carbocycles. The first-order valence-electron chi connectivity index (χ1n) is 13.5. The van der Waals surface area contributed by atoms with E-state index in [2.05, 4.69) is 11.0 Å². The van der Waals surface area contributed by atoms with Crippen LogP contribution in [0.2, 0.25) is 0 Å². The maximum Gasteiger partial charge on any atom is 0.225 e. The van der Waals surface area contributed by atoms with Crippen LogP contribution >= 0.6 is 0 Å². The summed E-state index contributed by atoms with van der Waals surface area (Å²) in [6.45, 7) is 3.45. The highest BCUT2D eigenvalue weighted by molar-refractivity contribution is 6.23. The Bertz CT molecular complexity index is 1380. The van der Waals surface area contributed by atoms with Crippen LogP contribution in [0, 0.1) is 11.8 Å². The molecule has 1 amide bonds. The maximum atomic E-state index is 13.7. The van der Waals surface area contributed by atoms with Gasteiger partial charge in [-0.15, -0.1) is 0 Å². The molecule has 10 heteroatoms. The van der Waals surface area contributed by atoms with Crippen molar-refractivity contribution in [2.75, 3.05) is 32.9 Å². The molecule has 0 aromatic heterocycles. The van der Waals surface area contributed by atoms with E-state index in [1.54, 1.807) is 6.07 Å². The Morgan fingerprint density at radius 2 is 1.88 bits per heavy atom. The Hall–Kier alpha value is -3.57. The highest BCUT2D eigenvalue weighted by Gasteiger charge is 2.57. The van der Waals surface area contributed by atoms with Gasteiger partial charge in [-0.25, -0.2) is 0 Å². The number of nitrogens with two attached hydrogens (primary N) is 1. The fraction of sp³-hybridized carbons (Fsp3) is 0.433. The zero-order chi connectivity index (χ0) is 28.6. The lowest BCUT2D eigenvalue weighted by atomic mass is 9.61. The highest BCUT2D eigenvalue weighted by atomic mass is 16.5. The largest absolute Gasteiger partial charge is 0.507 e. The minimum absolute atomic E-state index is 0.0549. The summed E-state index contributed by atoms with van der Waals surface area (Å²) >= 11 is 0. The second-order valence-electron chi connectivity index (χ2n) is 10.8. The minimum atomic E-state index is -2.61. The van der Waals surface area contributed by atoms with Crippen molar-refractivity contribution in [1.29, 1.82) is 0 Å². The van der Waals surface area contributed by atoms with Crippen molar-refractivity contribution in [3.8, 4) is 16.9 Å². The number of fused-ring (bicyclic) bond motifs is 2. The monoisotopic (exact) mass is 550 g/mol. The number of ether oxygens (including phenoxy) is 1. The Morgan fingerprint density at radius 1 is 1.12 bits per heavy atom. The van der Waals surface area contributed by atoms with E-state index >= 15 is 0 Å². The number of primary amides is 1. The SMILES string of the molecule is NC(=O)CC(=O)[C@@]1(O)C(=O)C2=C(O)c3c(O)ccc(-c4cccc(CN5CCOCC5)c4)c3C[C@H]2C[C@H]1CCO. The number of phenols is 1. The molecular weight excluding hydrogens is 516 g/mol. The second kappa shape index (κ2) is 11.1. The van der Waals surface area contributed by atoms with Gasteiger partial charge in [0.05, 0.1) is 25.2 Å². The third kappa shape index (κ3) is 4.92. The Balaban J connectivity index is 1.56. The molecule has 10 nitrogen and oxygen atoms in total. The predicted molar refractivity (Wildman–Crippen MR) is 145 cm³/mol. The number of amides is 1. The van der Waals surface area contributed by atoms with E-state index in [-0.39, 0.29) is 42.8 Å². The molecule has 3 aliphatic rings. The van der Waals surface area contributed by atoms with Crippen molar-refractivity contribution in [2.24, 2.45) is 17.6 Å². The lowest BCUT2D eigenvalue weighted by molar-refractivity contribution is -0.159. The Kier molecular flexibility index (Phi) is 7.78. The number of hydrogen-bond donors (Lipinski definition) is 5. The molecule has 2 aromatic carbocycles. The van der Waals surface area contributed by atoms with Crippen molar-refractivity contribution >= 4 is 23.2 Å². The van der Waals surface area contributed by atoms with Crippen molar-refractivity contribution in [3.05, 3.63) is 58.7 Å². The van der Waals surface area contributed by atoms with Gasteiger partial charge in [-0.05, 0) is 59.6 Å². The van der Waals surface area contributed by atoms with Crippen LogP contribution in [0.3, 0.4) is 0 Å². The van der Waals surface area contributed by atoms with Crippen LogP contribution in [0.15, 0.2) is 42.0 Å². The standard InChI is InChI=1S/C30H34N2O8/c31-25(36)15-24(35)30(39)20(6-9-33)13-19-14-22-21(4-5-23(34)27(22)28(37)26(19)29(30)38)18-3-1-2-17(12-18)16-32-7-10-40-11-8-32/h1-5,12,19-20,33-34,37,39H,6-11,13-16H2,(H2,31,36)/t19-,20-,30-/m1/s1. The van der Waals surface area contributed by atoms with Gasteiger partial charge in [-0.3, -0.25) is 19.3 Å². The summed E-state index contributed by atoms with van der Waals surface area (Å²) in [6.07, 6.45) is -0.533. The lowest BCUT2D eigenvalue weighted by Crippen LogP contribution is -2.59.